The maximum atomic E-state index is 13.2. The van der Waals surface area contributed by atoms with E-state index in [1.54, 1.807) is 20.8 Å². The third kappa shape index (κ3) is 3.36. The van der Waals surface area contributed by atoms with Gasteiger partial charge in [-0.1, -0.05) is 11.8 Å². The van der Waals surface area contributed by atoms with E-state index in [-0.39, 0.29) is 0 Å². The van der Waals surface area contributed by atoms with Crippen molar-refractivity contribution in [3.8, 4) is 0 Å². The predicted molar refractivity (Wildman–Crippen MR) is 99.3 cm³/mol. The van der Waals surface area contributed by atoms with Gasteiger partial charge in [-0.25, -0.2) is 19.5 Å². The fourth-order valence-corrected chi connectivity index (χ4v) is 4.47. The van der Waals surface area contributed by atoms with Gasteiger partial charge < -0.3 is 14.5 Å². The zero-order valence-electron chi connectivity index (χ0n) is 16.2. The molecule has 9 heteroatoms. The van der Waals surface area contributed by atoms with Gasteiger partial charge in [0.1, 0.15) is 17.4 Å². The molecule has 27 heavy (non-hydrogen) atoms. The number of carbonyl (C=O) groups excluding carboxylic acids is 3. The van der Waals surface area contributed by atoms with Crippen LogP contribution in [0.2, 0.25) is 0 Å². The second-order valence-electron chi connectivity index (χ2n) is 8.05. The number of ether oxygens (including phenoxy) is 1. The SMILES string of the molecule is CC1=C(c2ncco2)SC2NC(=O)N(C(C)(C)C(=O)OC(C)(C)C)C(=O)C12. The molecule has 1 saturated heterocycles. The fourth-order valence-electron chi connectivity index (χ4n) is 3.09. The molecule has 1 aromatic rings. The predicted octanol–water partition coefficient (Wildman–Crippen LogP) is 2.77. The normalized spacial score (nSPS) is 23.4. The number of nitrogens with zero attached hydrogens (tertiary/aromatic N) is 2. The monoisotopic (exact) mass is 393 g/mol. The van der Waals surface area contributed by atoms with Crippen molar-refractivity contribution >= 4 is 34.6 Å². The zero-order chi connectivity index (χ0) is 20.1. The van der Waals surface area contributed by atoms with E-state index in [1.165, 1.54) is 38.1 Å². The number of hydrogen-bond acceptors (Lipinski definition) is 7. The van der Waals surface area contributed by atoms with Gasteiger partial charge in [0.25, 0.3) is 0 Å². The molecule has 1 fully saturated rings. The maximum Gasteiger partial charge on any atom is 0.332 e. The van der Waals surface area contributed by atoms with Gasteiger partial charge in [0.2, 0.25) is 11.8 Å². The second kappa shape index (κ2) is 6.40. The highest BCUT2D eigenvalue weighted by molar-refractivity contribution is 8.09. The summed E-state index contributed by atoms with van der Waals surface area (Å²) in [5.41, 5.74) is -1.43. The number of esters is 1. The van der Waals surface area contributed by atoms with E-state index in [4.69, 9.17) is 9.15 Å². The summed E-state index contributed by atoms with van der Waals surface area (Å²) in [5, 5.41) is 2.35. The van der Waals surface area contributed by atoms with E-state index >= 15 is 0 Å². The maximum absolute atomic E-state index is 13.2. The van der Waals surface area contributed by atoms with Gasteiger partial charge in [0.15, 0.2) is 0 Å². The number of rotatable bonds is 3. The molecule has 0 bridgehead atoms. The summed E-state index contributed by atoms with van der Waals surface area (Å²) in [6.07, 6.45) is 2.98. The Labute approximate surface area is 161 Å². The van der Waals surface area contributed by atoms with E-state index in [0.29, 0.717) is 5.89 Å². The number of amides is 3. The van der Waals surface area contributed by atoms with Crippen LogP contribution in [0.25, 0.3) is 4.91 Å². The van der Waals surface area contributed by atoms with Crippen LogP contribution in [0.4, 0.5) is 4.79 Å². The van der Waals surface area contributed by atoms with E-state index in [2.05, 4.69) is 10.3 Å². The number of aromatic nitrogens is 1. The van der Waals surface area contributed by atoms with Gasteiger partial charge in [-0.3, -0.25) is 4.79 Å². The van der Waals surface area contributed by atoms with Crippen LogP contribution in [0, 0.1) is 5.92 Å². The summed E-state index contributed by atoms with van der Waals surface area (Å²) in [5.74, 6) is -1.27. The van der Waals surface area contributed by atoms with Gasteiger partial charge in [0, 0.05) is 0 Å². The van der Waals surface area contributed by atoms with Crippen LogP contribution in [-0.4, -0.2) is 44.3 Å². The lowest BCUT2D eigenvalue weighted by atomic mass is 9.92. The van der Waals surface area contributed by atoms with Crippen LogP contribution in [-0.2, 0) is 14.3 Å². The second-order valence-corrected chi connectivity index (χ2v) is 9.20. The molecule has 0 saturated carbocycles. The molecular formula is C18H23N3O5S. The molecule has 1 N–H and O–H groups in total. The number of urea groups is 1. The number of thioether (sulfide) groups is 1. The molecular weight excluding hydrogens is 370 g/mol. The quantitative estimate of drug-likeness (QED) is 0.788. The third-order valence-corrected chi connectivity index (χ3v) is 5.79. The molecule has 8 nitrogen and oxygen atoms in total. The lowest BCUT2D eigenvalue weighted by molar-refractivity contribution is -0.170. The average Bonchev–Trinajstić information content (AvgIpc) is 3.13. The molecule has 2 unspecified atom stereocenters. The summed E-state index contributed by atoms with van der Waals surface area (Å²) in [7, 11) is 0. The number of oxazole rings is 1. The van der Waals surface area contributed by atoms with Gasteiger partial charge in [-0.2, -0.15) is 0 Å². The average molecular weight is 393 g/mol. The van der Waals surface area contributed by atoms with Crippen molar-refractivity contribution in [3.63, 3.8) is 0 Å². The number of carbonyl (C=O) groups is 3. The van der Waals surface area contributed by atoms with Crippen molar-refractivity contribution in [3.05, 3.63) is 23.9 Å². The molecule has 2 atom stereocenters. The van der Waals surface area contributed by atoms with E-state index < -0.39 is 40.3 Å². The van der Waals surface area contributed by atoms with Gasteiger partial charge in [0.05, 0.1) is 22.4 Å². The van der Waals surface area contributed by atoms with Crippen molar-refractivity contribution in [2.24, 2.45) is 5.92 Å². The first-order valence-electron chi connectivity index (χ1n) is 8.59. The first-order valence-corrected chi connectivity index (χ1v) is 9.47. The minimum atomic E-state index is -1.45. The van der Waals surface area contributed by atoms with Crippen molar-refractivity contribution in [1.29, 1.82) is 0 Å². The van der Waals surface area contributed by atoms with Crippen LogP contribution in [0.3, 0.4) is 0 Å². The zero-order valence-corrected chi connectivity index (χ0v) is 17.0. The smallest absolute Gasteiger partial charge is 0.332 e. The van der Waals surface area contributed by atoms with Crippen molar-refractivity contribution in [2.45, 2.75) is 58.1 Å². The Bertz CT molecular complexity index is 823. The van der Waals surface area contributed by atoms with E-state index in [1.807, 2.05) is 6.92 Å². The number of fused-ring (bicyclic) bond motifs is 1. The number of hydrogen-bond donors (Lipinski definition) is 1. The third-order valence-electron chi connectivity index (χ3n) is 4.41. The molecule has 3 amide bonds. The van der Waals surface area contributed by atoms with Crippen LogP contribution >= 0.6 is 11.8 Å². The molecule has 0 aliphatic carbocycles. The largest absolute Gasteiger partial charge is 0.458 e. The minimum Gasteiger partial charge on any atom is -0.458 e. The molecule has 0 spiro atoms. The summed E-state index contributed by atoms with van der Waals surface area (Å²) in [6, 6.07) is -0.619. The highest BCUT2D eigenvalue weighted by Crippen LogP contribution is 2.48. The Hall–Kier alpha value is -2.29. The molecule has 3 rings (SSSR count). The Morgan fingerprint density at radius 3 is 2.52 bits per heavy atom. The van der Waals surface area contributed by atoms with E-state index in [0.717, 1.165) is 15.4 Å². The highest BCUT2D eigenvalue weighted by atomic mass is 32.2. The molecule has 0 aromatic carbocycles. The van der Waals surface area contributed by atoms with Crippen LogP contribution in [0.1, 0.15) is 47.4 Å². The Kier molecular flexibility index (Phi) is 4.62. The lowest BCUT2D eigenvalue weighted by Crippen LogP contribution is -2.67. The molecule has 1 aromatic heterocycles. The topological polar surface area (TPSA) is 102 Å². The fraction of sp³-hybridized carbons (Fsp3) is 0.556. The van der Waals surface area contributed by atoms with Crippen molar-refractivity contribution in [2.75, 3.05) is 0 Å². The van der Waals surface area contributed by atoms with Gasteiger partial charge >= 0.3 is 12.0 Å². The molecule has 2 aliphatic heterocycles. The highest BCUT2D eigenvalue weighted by Gasteiger charge is 2.54. The molecule has 2 aliphatic rings. The van der Waals surface area contributed by atoms with Crippen LogP contribution in [0.15, 0.2) is 22.5 Å². The molecule has 146 valence electrons. The van der Waals surface area contributed by atoms with Gasteiger partial charge in [-0.15, -0.1) is 0 Å². The number of imide groups is 1. The summed E-state index contributed by atoms with van der Waals surface area (Å²) in [4.78, 5) is 44.4. The molecule has 3 heterocycles. The first-order chi connectivity index (χ1) is 12.4. The number of nitrogens with one attached hydrogen (secondary N) is 1. The minimum absolute atomic E-state index is 0.409. The van der Waals surface area contributed by atoms with Crippen molar-refractivity contribution in [1.82, 2.24) is 15.2 Å². The lowest BCUT2D eigenvalue weighted by Gasteiger charge is -2.42. The van der Waals surface area contributed by atoms with E-state index in [9.17, 15) is 14.4 Å². The molecule has 0 radical (unpaired) electrons. The Balaban J connectivity index is 1.92. The van der Waals surface area contributed by atoms with Crippen LogP contribution < -0.4 is 5.32 Å². The first kappa shape index (κ1) is 19.5. The Morgan fingerprint density at radius 1 is 1.30 bits per heavy atom. The summed E-state index contributed by atoms with van der Waals surface area (Å²) in [6.45, 7) is 10.0. The van der Waals surface area contributed by atoms with Gasteiger partial charge in [-0.05, 0) is 47.1 Å². The standard InChI is InChI=1S/C18H23N3O5S/c1-9-10-13(27-11(9)12-19-7-8-25-12)20-16(24)21(14(10)22)18(5,6)15(23)26-17(2,3)4/h7-8,10,13H,1-6H3,(H,20,24). The summed E-state index contributed by atoms with van der Waals surface area (Å²) < 4.78 is 10.8. The van der Waals surface area contributed by atoms with Crippen molar-refractivity contribution < 1.29 is 23.5 Å². The Morgan fingerprint density at radius 2 is 1.96 bits per heavy atom. The summed E-state index contributed by atoms with van der Waals surface area (Å²) >= 11 is 1.33. The van der Waals surface area contributed by atoms with Crippen LogP contribution in [0.5, 0.6) is 0 Å².